The molecule has 4 heteroatoms. The Bertz CT molecular complexity index is 670. The molecule has 0 atom stereocenters. The fourth-order valence-corrected chi connectivity index (χ4v) is 2.42. The minimum Gasteiger partial charge on any atom is -0.507 e. The number of aromatic hydroxyl groups is 1. The Kier molecular flexibility index (Phi) is 7.12. The number of rotatable bonds is 4. The molecule has 0 saturated heterocycles. The zero-order valence-electron chi connectivity index (χ0n) is 13.8. The Hall–Kier alpha value is -1.50. The monoisotopic (exact) mass is 405 g/mol. The quantitative estimate of drug-likeness (QED) is 0.526. The first-order chi connectivity index (χ1) is 10.4. The Morgan fingerprint density at radius 3 is 2.09 bits per heavy atom. The van der Waals surface area contributed by atoms with Crippen molar-refractivity contribution in [3.63, 3.8) is 0 Å². The molecule has 0 aliphatic carbocycles. The van der Waals surface area contributed by atoms with Crippen LogP contribution in [0.15, 0.2) is 41.4 Å². The summed E-state index contributed by atoms with van der Waals surface area (Å²) in [6.07, 6.45) is 1.53. The van der Waals surface area contributed by atoms with Gasteiger partial charge in [0.05, 0.1) is 5.69 Å². The van der Waals surface area contributed by atoms with Gasteiger partial charge in [-0.05, 0) is 41.2 Å². The Balaban J connectivity index is 0.00000264. The van der Waals surface area contributed by atoms with Gasteiger partial charge >= 0.3 is 0 Å². The van der Waals surface area contributed by atoms with Crippen molar-refractivity contribution in [2.45, 2.75) is 39.5 Å². The normalized spacial score (nSPS) is 11.3. The largest absolute Gasteiger partial charge is 0.507 e. The van der Waals surface area contributed by atoms with Crippen molar-refractivity contribution in [2.75, 3.05) is 0 Å². The van der Waals surface area contributed by atoms with E-state index in [-0.39, 0.29) is 32.0 Å². The predicted octanol–water partition coefficient (Wildman–Crippen LogP) is 5.53. The third kappa shape index (κ3) is 4.73. The smallest absolute Gasteiger partial charge is 0.124 e. The van der Waals surface area contributed by atoms with Crippen LogP contribution in [-0.4, -0.2) is 11.3 Å². The zero-order valence-corrected chi connectivity index (χ0v) is 15.3. The summed E-state index contributed by atoms with van der Waals surface area (Å²) in [4.78, 5) is 4.57. The minimum atomic E-state index is -0.388. The van der Waals surface area contributed by atoms with Crippen LogP contribution < -0.4 is 0 Å². The molecule has 0 spiro atoms. The first kappa shape index (κ1) is 19.5. The van der Waals surface area contributed by atoms with E-state index in [1.54, 1.807) is 0 Å². The fourth-order valence-electron chi connectivity index (χ4n) is 2.42. The molecule has 0 saturated carbocycles. The molecule has 0 radical (unpaired) electrons. The molecule has 23 heavy (non-hydrogen) atoms. The molecule has 0 unspecified atom stereocenters. The van der Waals surface area contributed by atoms with E-state index in [0.29, 0.717) is 17.4 Å². The maximum Gasteiger partial charge on any atom is 0.124 e. The molecule has 0 fully saturated rings. The standard InChI is InChI=1S/C19H22FNO.Pd/c1-12(2)16-6-5-7-17(13(3)4)19(16)21-11-14-10-15(20)8-9-18(14)22;/h5-13,22H,1-4H3;. The van der Waals surface area contributed by atoms with Gasteiger partial charge in [0.2, 0.25) is 0 Å². The molecule has 2 rings (SSSR count). The molecule has 0 aliphatic rings. The predicted molar refractivity (Wildman–Crippen MR) is 89.9 cm³/mol. The van der Waals surface area contributed by atoms with Crippen molar-refractivity contribution in [3.8, 4) is 5.75 Å². The van der Waals surface area contributed by atoms with Crippen molar-refractivity contribution < 1.29 is 29.9 Å². The van der Waals surface area contributed by atoms with Crippen LogP contribution in [0.25, 0.3) is 0 Å². The minimum absolute atomic E-state index is 0. The van der Waals surface area contributed by atoms with Crippen molar-refractivity contribution >= 4 is 11.9 Å². The van der Waals surface area contributed by atoms with Crippen LogP contribution >= 0.6 is 0 Å². The Labute approximate surface area is 151 Å². The second-order valence-corrected chi connectivity index (χ2v) is 6.06. The van der Waals surface area contributed by atoms with Gasteiger partial charge in [-0.25, -0.2) is 4.39 Å². The number of halogens is 1. The molecular weight excluding hydrogens is 384 g/mol. The van der Waals surface area contributed by atoms with Crippen LogP contribution in [0.3, 0.4) is 0 Å². The molecule has 0 heterocycles. The van der Waals surface area contributed by atoms with Gasteiger partial charge in [0.1, 0.15) is 11.6 Å². The van der Waals surface area contributed by atoms with E-state index in [4.69, 9.17) is 0 Å². The number of benzene rings is 2. The second kappa shape index (κ2) is 8.38. The summed E-state index contributed by atoms with van der Waals surface area (Å²) in [7, 11) is 0. The first-order valence-corrected chi connectivity index (χ1v) is 7.55. The SMILES string of the molecule is CC(C)c1cccc(C(C)C)c1N=Cc1cc(F)ccc1O.[Pd]. The summed E-state index contributed by atoms with van der Waals surface area (Å²) in [6.45, 7) is 8.49. The van der Waals surface area contributed by atoms with Crippen molar-refractivity contribution in [1.82, 2.24) is 0 Å². The molecule has 1 N–H and O–H groups in total. The van der Waals surface area contributed by atoms with Gasteiger partial charge in [-0.3, -0.25) is 4.99 Å². The first-order valence-electron chi connectivity index (χ1n) is 7.55. The average Bonchev–Trinajstić information content (AvgIpc) is 2.47. The van der Waals surface area contributed by atoms with Crippen LogP contribution in [0.2, 0.25) is 0 Å². The second-order valence-electron chi connectivity index (χ2n) is 6.06. The molecule has 0 amide bonds. The van der Waals surface area contributed by atoms with Gasteiger partial charge in [-0.1, -0.05) is 45.9 Å². The summed E-state index contributed by atoms with van der Waals surface area (Å²) in [6, 6.07) is 10.0. The van der Waals surface area contributed by atoms with Crippen molar-refractivity contribution in [1.29, 1.82) is 0 Å². The molecule has 0 aromatic heterocycles. The van der Waals surface area contributed by atoms with Gasteiger partial charge in [-0.15, -0.1) is 0 Å². The maximum atomic E-state index is 13.3. The van der Waals surface area contributed by atoms with Gasteiger partial charge in [-0.2, -0.15) is 0 Å². The van der Waals surface area contributed by atoms with Gasteiger partial charge in [0, 0.05) is 32.2 Å². The van der Waals surface area contributed by atoms with Crippen LogP contribution in [0, 0.1) is 5.82 Å². The molecule has 0 bridgehead atoms. The van der Waals surface area contributed by atoms with Crippen LogP contribution in [0.1, 0.15) is 56.2 Å². The molecule has 0 aliphatic heterocycles. The van der Waals surface area contributed by atoms with Gasteiger partial charge < -0.3 is 5.11 Å². The zero-order chi connectivity index (χ0) is 16.3. The van der Waals surface area contributed by atoms with E-state index in [0.717, 1.165) is 16.8 Å². The van der Waals surface area contributed by atoms with Gasteiger partial charge in [0.25, 0.3) is 0 Å². The maximum absolute atomic E-state index is 13.3. The summed E-state index contributed by atoms with van der Waals surface area (Å²) in [5.74, 6) is 0.317. The summed E-state index contributed by atoms with van der Waals surface area (Å²) >= 11 is 0. The third-order valence-electron chi connectivity index (χ3n) is 3.66. The van der Waals surface area contributed by atoms with Crippen molar-refractivity contribution in [3.05, 3.63) is 58.9 Å². The molecule has 2 aromatic carbocycles. The molecule has 126 valence electrons. The number of para-hydroxylation sites is 1. The summed E-state index contributed by atoms with van der Waals surface area (Å²) < 4.78 is 13.3. The van der Waals surface area contributed by atoms with Gasteiger partial charge in [0.15, 0.2) is 0 Å². The molecule has 2 aromatic rings. The van der Waals surface area contributed by atoms with Crippen LogP contribution in [0.5, 0.6) is 5.75 Å². The number of phenolic OH excluding ortho intramolecular Hbond substituents is 1. The third-order valence-corrected chi connectivity index (χ3v) is 3.66. The average molecular weight is 406 g/mol. The number of hydrogen-bond donors (Lipinski definition) is 1. The van der Waals surface area contributed by atoms with Crippen LogP contribution in [-0.2, 0) is 20.4 Å². The Morgan fingerprint density at radius 1 is 1.00 bits per heavy atom. The number of aliphatic imine (C=N–C) groups is 1. The fraction of sp³-hybridized carbons (Fsp3) is 0.316. The number of phenols is 1. The summed E-state index contributed by atoms with van der Waals surface area (Å²) in [5, 5.41) is 9.81. The van der Waals surface area contributed by atoms with Crippen LogP contribution in [0.4, 0.5) is 10.1 Å². The van der Waals surface area contributed by atoms with E-state index < -0.39 is 0 Å². The van der Waals surface area contributed by atoms with E-state index in [1.165, 1.54) is 24.4 Å². The number of nitrogens with zero attached hydrogens (tertiary/aromatic N) is 1. The number of hydrogen-bond acceptors (Lipinski definition) is 2. The molecular formula is C19H22FNOPd. The van der Waals surface area contributed by atoms with E-state index in [9.17, 15) is 9.50 Å². The topological polar surface area (TPSA) is 32.6 Å². The van der Waals surface area contributed by atoms with Crippen molar-refractivity contribution in [2.24, 2.45) is 4.99 Å². The summed E-state index contributed by atoms with van der Waals surface area (Å²) in [5.41, 5.74) is 3.60. The van der Waals surface area contributed by atoms with E-state index in [2.05, 4.69) is 44.8 Å². The Morgan fingerprint density at radius 2 is 1.57 bits per heavy atom. The molecule has 2 nitrogen and oxygen atoms in total. The van der Waals surface area contributed by atoms with E-state index in [1.807, 2.05) is 6.07 Å². The van der Waals surface area contributed by atoms with E-state index >= 15 is 0 Å².